The molecule has 0 spiro atoms. The highest BCUT2D eigenvalue weighted by atomic mass is 16.5. The van der Waals surface area contributed by atoms with Crippen molar-refractivity contribution in [2.24, 2.45) is 0 Å². The molecule has 4 rings (SSSR count). The summed E-state index contributed by atoms with van der Waals surface area (Å²) in [5, 5.41) is 10.5. The lowest BCUT2D eigenvalue weighted by atomic mass is 10.1. The molecule has 1 fully saturated rings. The molecule has 28 heavy (non-hydrogen) atoms. The Bertz CT molecular complexity index is 1010. The van der Waals surface area contributed by atoms with Crippen molar-refractivity contribution < 1.29 is 14.6 Å². The van der Waals surface area contributed by atoms with E-state index < -0.39 is 0 Å². The zero-order valence-electron chi connectivity index (χ0n) is 16.3. The highest BCUT2D eigenvalue weighted by Gasteiger charge is 2.23. The maximum absolute atomic E-state index is 9.60. The third kappa shape index (κ3) is 3.39. The summed E-state index contributed by atoms with van der Waals surface area (Å²) >= 11 is 0. The van der Waals surface area contributed by atoms with E-state index in [0.29, 0.717) is 30.4 Å². The minimum absolute atomic E-state index is 0.0923. The van der Waals surface area contributed by atoms with E-state index in [0.717, 1.165) is 34.6 Å². The molecule has 0 bridgehead atoms. The number of hydrogen-bond acceptors (Lipinski definition) is 7. The summed E-state index contributed by atoms with van der Waals surface area (Å²) < 4.78 is 10.9. The number of methoxy groups -OCH3 is 1. The molecule has 7 heteroatoms. The van der Waals surface area contributed by atoms with Crippen LogP contribution in [0.2, 0.25) is 0 Å². The number of ether oxygens (including phenoxy) is 2. The number of aromatic nitrogens is 3. The highest BCUT2D eigenvalue weighted by molar-refractivity contribution is 5.89. The molecule has 1 N–H and O–H groups in total. The number of aryl methyl sites for hydroxylation is 1. The molecule has 1 aliphatic rings. The molecule has 0 aliphatic carbocycles. The molecule has 0 radical (unpaired) electrons. The Morgan fingerprint density at radius 2 is 2.07 bits per heavy atom. The quantitative estimate of drug-likeness (QED) is 0.745. The van der Waals surface area contributed by atoms with E-state index in [-0.39, 0.29) is 12.6 Å². The zero-order chi connectivity index (χ0) is 19.7. The number of rotatable bonds is 4. The van der Waals surface area contributed by atoms with Crippen LogP contribution in [0.4, 0.5) is 5.82 Å². The number of morpholine rings is 1. The lowest BCUT2D eigenvalue weighted by Gasteiger charge is -2.34. The van der Waals surface area contributed by atoms with Crippen LogP contribution in [0.3, 0.4) is 0 Å². The fraction of sp³-hybridized carbons (Fsp3) is 0.381. The van der Waals surface area contributed by atoms with Gasteiger partial charge in [0.1, 0.15) is 17.4 Å². The Balaban J connectivity index is 1.80. The average Bonchev–Trinajstić information content (AvgIpc) is 2.72. The molecule has 2 aromatic heterocycles. The molecule has 3 heterocycles. The van der Waals surface area contributed by atoms with Crippen LogP contribution in [0.1, 0.15) is 18.3 Å². The molecule has 1 saturated heterocycles. The molecule has 146 valence electrons. The lowest BCUT2D eigenvalue weighted by Crippen LogP contribution is -2.44. The number of anilines is 1. The number of fused-ring (bicyclic) bond motifs is 1. The topological polar surface area (TPSA) is 80.6 Å². The number of aliphatic hydroxyl groups is 1. The summed E-state index contributed by atoms with van der Waals surface area (Å²) in [6.45, 7) is 6.11. The predicted molar refractivity (Wildman–Crippen MR) is 108 cm³/mol. The summed E-state index contributed by atoms with van der Waals surface area (Å²) in [7, 11) is 1.59. The Labute approximate surface area is 164 Å². The fourth-order valence-electron chi connectivity index (χ4n) is 3.58. The van der Waals surface area contributed by atoms with E-state index in [4.69, 9.17) is 19.4 Å². The van der Waals surface area contributed by atoms with E-state index >= 15 is 0 Å². The van der Waals surface area contributed by atoms with E-state index in [2.05, 4.69) is 16.8 Å². The molecular weight excluding hydrogens is 356 g/mol. The molecule has 1 aliphatic heterocycles. The van der Waals surface area contributed by atoms with E-state index in [1.807, 2.05) is 37.3 Å². The molecule has 3 aromatic rings. The minimum atomic E-state index is -0.0923. The Morgan fingerprint density at radius 3 is 2.82 bits per heavy atom. The largest absolute Gasteiger partial charge is 0.496 e. The SMILES string of the molecule is COc1ccc(-c2ccc3c(N4CCOC[C@@H]4C)nc(C)nc3n2)cc1CO. The summed E-state index contributed by atoms with van der Waals surface area (Å²) in [6.07, 6.45) is 0. The van der Waals surface area contributed by atoms with E-state index in [1.165, 1.54) is 0 Å². The molecule has 0 unspecified atom stereocenters. The maximum atomic E-state index is 9.60. The van der Waals surface area contributed by atoms with Crippen molar-refractivity contribution >= 4 is 16.9 Å². The summed E-state index contributed by atoms with van der Waals surface area (Å²) in [5.74, 6) is 2.26. The van der Waals surface area contributed by atoms with Crippen LogP contribution >= 0.6 is 0 Å². The summed E-state index contributed by atoms with van der Waals surface area (Å²) in [6, 6.07) is 9.92. The van der Waals surface area contributed by atoms with E-state index in [1.54, 1.807) is 7.11 Å². The van der Waals surface area contributed by atoms with Gasteiger partial charge in [-0.3, -0.25) is 0 Å². The van der Waals surface area contributed by atoms with Crippen molar-refractivity contribution in [3.63, 3.8) is 0 Å². The van der Waals surface area contributed by atoms with Gasteiger partial charge in [-0.05, 0) is 44.2 Å². The zero-order valence-corrected chi connectivity index (χ0v) is 16.3. The van der Waals surface area contributed by atoms with Crippen molar-refractivity contribution in [2.45, 2.75) is 26.5 Å². The van der Waals surface area contributed by atoms with Gasteiger partial charge in [0.25, 0.3) is 0 Å². The summed E-state index contributed by atoms with van der Waals surface area (Å²) in [4.78, 5) is 16.3. The Hall–Kier alpha value is -2.77. The molecule has 0 saturated carbocycles. The molecule has 7 nitrogen and oxygen atoms in total. The molecular formula is C21H24N4O3. The second kappa shape index (κ2) is 7.69. The second-order valence-electron chi connectivity index (χ2n) is 6.96. The van der Waals surface area contributed by atoms with Crippen LogP contribution < -0.4 is 9.64 Å². The number of pyridine rings is 1. The van der Waals surface area contributed by atoms with Gasteiger partial charge in [0.15, 0.2) is 5.65 Å². The number of hydrogen-bond donors (Lipinski definition) is 1. The number of nitrogens with zero attached hydrogens (tertiary/aromatic N) is 4. The fourth-order valence-corrected chi connectivity index (χ4v) is 3.58. The highest BCUT2D eigenvalue weighted by Crippen LogP contribution is 2.30. The van der Waals surface area contributed by atoms with Gasteiger partial charge in [-0.1, -0.05) is 0 Å². The van der Waals surface area contributed by atoms with Gasteiger partial charge in [-0.2, -0.15) is 0 Å². The maximum Gasteiger partial charge on any atom is 0.165 e. The first-order chi connectivity index (χ1) is 13.6. The van der Waals surface area contributed by atoms with Gasteiger partial charge >= 0.3 is 0 Å². The lowest BCUT2D eigenvalue weighted by molar-refractivity contribution is 0.0986. The number of benzene rings is 1. The molecule has 0 amide bonds. The minimum Gasteiger partial charge on any atom is -0.496 e. The number of aliphatic hydroxyl groups excluding tert-OH is 1. The van der Waals surface area contributed by atoms with Gasteiger partial charge in [0.05, 0.1) is 44.1 Å². The molecule has 1 atom stereocenters. The predicted octanol–water partition coefficient (Wildman–Crippen LogP) is 2.73. The molecule has 1 aromatic carbocycles. The normalized spacial score (nSPS) is 17.1. The van der Waals surface area contributed by atoms with Crippen LogP contribution in [-0.2, 0) is 11.3 Å². The van der Waals surface area contributed by atoms with Crippen LogP contribution in [0, 0.1) is 6.92 Å². The smallest absolute Gasteiger partial charge is 0.165 e. The van der Waals surface area contributed by atoms with Gasteiger partial charge in [-0.15, -0.1) is 0 Å². The summed E-state index contributed by atoms with van der Waals surface area (Å²) in [5.41, 5.74) is 3.09. The van der Waals surface area contributed by atoms with Gasteiger partial charge in [0.2, 0.25) is 0 Å². The van der Waals surface area contributed by atoms with Crippen LogP contribution in [0.15, 0.2) is 30.3 Å². The van der Waals surface area contributed by atoms with Crippen LogP contribution in [0.5, 0.6) is 5.75 Å². The van der Waals surface area contributed by atoms with Crippen molar-refractivity contribution in [3.8, 4) is 17.0 Å². The van der Waals surface area contributed by atoms with Gasteiger partial charge in [0, 0.05) is 17.7 Å². The van der Waals surface area contributed by atoms with E-state index in [9.17, 15) is 5.11 Å². The first-order valence-electron chi connectivity index (χ1n) is 9.38. The Kier molecular flexibility index (Phi) is 5.11. The third-order valence-electron chi connectivity index (χ3n) is 5.04. The van der Waals surface area contributed by atoms with Crippen molar-refractivity contribution in [2.75, 3.05) is 31.8 Å². The first kappa shape index (κ1) is 18.6. The van der Waals surface area contributed by atoms with Crippen molar-refractivity contribution in [1.29, 1.82) is 0 Å². The first-order valence-corrected chi connectivity index (χ1v) is 9.38. The van der Waals surface area contributed by atoms with Gasteiger partial charge in [-0.25, -0.2) is 15.0 Å². The monoisotopic (exact) mass is 380 g/mol. The Morgan fingerprint density at radius 1 is 1.21 bits per heavy atom. The second-order valence-corrected chi connectivity index (χ2v) is 6.96. The van der Waals surface area contributed by atoms with Gasteiger partial charge < -0.3 is 19.5 Å². The van der Waals surface area contributed by atoms with Crippen molar-refractivity contribution in [3.05, 3.63) is 41.7 Å². The van der Waals surface area contributed by atoms with Crippen LogP contribution in [0.25, 0.3) is 22.3 Å². The third-order valence-corrected chi connectivity index (χ3v) is 5.04. The average molecular weight is 380 g/mol. The van der Waals surface area contributed by atoms with Crippen LogP contribution in [-0.4, -0.2) is 53.0 Å². The van der Waals surface area contributed by atoms with Crippen molar-refractivity contribution in [1.82, 2.24) is 15.0 Å². The standard InChI is InChI=1S/C21H24N4O3/c1-13-12-28-9-8-25(13)21-17-5-6-18(24-20(17)22-14(2)23-21)15-4-7-19(27-3)16(10-15)11-26/h4-7,10,13,26H,8-9,11-12H2,1-3H3/t13-/m0/s1.